The summed E-state index contributed by atoms with van der Waals surface area (Å²) in [7, 11) is 0. The van der Waals surface area contributed by atoms with Gasteiger partial charge in [0.05, 0.1) is 12.2 Å². The number of carbonyl (C=O) groups excluding carboxylic acids is 1. The van der Waals surface area contributed by atoms with E-state index in [4.69, 9.17) is 9.47 Å². The first-order chi connectivity index (χ1) is 14.5. The smallest absolute Gasteiger partial charge is 0.178 e. The molecule has 2 fully saturated rings. The number of ketones is 1. The van der Waals surface area contributed by atoms with Crippen LogP contribution in [0.25, 0.3) is 0 Å². The van der Waals surface area contributed by atoms with Crippen LogP contribution in [0, 0.1) is 0 Å². The van der Waals surface area contributed by atoms with E-state index in [9.17, 15) is 9.90 Å². The summed E-state index contributed by atoms with van der Waals surface area (Å²) in [6.07, 6.45) is 25.1. The third-order valence-corrected chi connectivity index (χ3v) is 6.92. The SMILES string of the molecule is CCCCCCCCCCCCC[C@H]1C[C@@H](O)C[C@@]2(CCC3(C=CC(=O)C=C3)O2)O1. The van der Waals surface area contributed by atoms with Crippen molar-refractivity contribution >= 4 is 5.78 Å². The minimum atomic E-state index is -0.699. The summed E-state index contributed by atoms with van der Waals surface area (Å²) in [5.74, 6) is -0.695. The summed E-state index contributed by atoms with van der Waals surface area (Å²) >= 11 is 0. The zero-order valence-electron chi connectivity index (χ0n) is 18.9. The van der Waals surface area contributed by atoms with Gasteiger partial charge in [0.25, 0.3) is 0 Å². The lowest BCUT2D eigenvalue weighted by molar-refractivity contribution is -0.292. The van der Waals surface area contributed by atoms with E-state index in [1.807, 2.05) is 12.2 Å². The normalized spacial score (nSPS) is 30.0. The number of aliphatic hydroxyl groups is 1. The molecule has 1 N–H and O–H groups in total. The van der Waals surface area contributed by atoms with Crippen molar-refractivity contribution in [3.8, 4) is 0 Å². The second-order valence-electron chi connectivity index (χ2n) is 9.69. The van der Waals surface area contributed by atoms with Gasteiger partial charge in [-0.3, -0.25) is 4.79 Å². The van der Waals surface area contributed by atoms with E-state index in [1.165, 1.54) is 64.2 Å². The predicted octanol–water partition coefficient (Wildman–Crippen LogP) is 6.17. The van der Waals surface area contributed by atoms with E-state index in [0.717, 1.165) is 25.7 Å². The molecule has 1 aliphatic carbocycles. The number of ether oxygens (including phenoxy) is 2. The lowest BCUT2D eigenvalue weighted by Crippen LogP contribution is -2.47. The fourth-order valence-corrected chi connectivity index (χ4v) is 5.21. The Morgan fingerprint density at radius 1 is 0.933 bits per heavy atom. The van der Waals surface area contributed by atoms with Crippen LogP contribution in [0.4, 0.5) is 0 Å². The fourth-order valence-electron chi connectivity index (χ4n) is 5.21. The molecule has 3 rings (SSSR count). The standard InChI is InChI=1S/C26H42O4/c1-2-3-4-5-6-7-8-9-10-11-12-13-24-20-23(28)21-26(29-24)19-18-25(30-26)16-14-22(27)15-17-25/h14-17,23-24,28H,2-13,18-21H2,1H3/t23-,24+,26+/m1/s1. The van der Waals surface area contributed by atoms with E-state index in [-0.39, 0.29) is 18.0 Å². The third kappa shape index (κ3) is 7.03. The molecule has 0 bridgehead atoms. The van der Waals surface area contributed by atoms with Crippen LogP contribution >= 0.6 is 0 Å². The highest BCUT2D eigenvalue weighted by molar-refractivity contribution is 6.00. The van der Waals surface area contributed by atoms with Crippen LogP contribution in [0.2, 0.25) is 0 Å². The van der Waals surface area contributed by atoms with Crippen LogP contribution in [0.3, 0.4) is 0 Å². The molecule has 0 aromatic heterocycles. The first-order valence-electron chi connectivity index (χ1n) is 12.5. The first-order valence-corrected chi connectivity index (χ1v) is 12.5. The summed E-state index contributed by atoms with van der Waals surface area (Å²) in [6, 6.07) is 0. The molecule has 170 valence electrons. The van der Waals surface area contributed by atoms with Crippen LogP contribution in [-0.2, 0) is 14.3 Å². The van der Waals surface area contributed by atoms with Crippen LogP contribution in [0.15, 0.2) is 24.3 Å². The molecule has 2 heterocycles. The van der Waals surface area contributed by atoms with Gasteiger partial charge < -0.3 is 14.6 Å². The number of hydrogen-bond acceptors (Lipinski definition) is 4. The number of hydrogen-bond donors (Lipinski definition) is 1. The van der Waals surface area contributed by atoms with E-state index < -0.39 is 11.4 Å². The molecule has 3 aliphatic rings. The molecular weight excluding hydrogens is 376 g/mol. The second kappa shape index (κ2) is 11.6. The topological polar surface area (TPSA) is 55.8 Å². The monoisotopic (exact) mass is 418 g/mol. The molecule has 0 radical (unpaired) electrons. The van der Waals surface area contributed by atoms with Gasteiger partial charge in [0.2, 0.25) is 0 Å². The Bertz CT molecular complexity index is 580. The quantitative estimate of drug-likeness (QED) is 0.385. The van der Waals surface area contributed by atoms with Crippen LogP contribution < -0.4 is 0 Å². The maximum atomic E-state index is 11.5. The Morgan fingerprint density at radius 2 is 1.53 bits per heavy atom. The molecule has 0 aromatic rings. The largest absolute Gasteiger partial charge is 0.393 e. The predicted molar refractivity (Wildman–Crippen MR) is 120 cm³/mol. The van der Waals surface area contributed by atoms with Crippen LogP contribution in [-0.4, -0.2) is 34.5 Å². The van der Waals surface area contributed by atoms with E-state index in [2.05, 4.69) is 6.92 Å². The van der Waals surface area contributed by atoms with Gasteiger partial charge in [0, 0.05) is 12.8 Å². The summed E-state index contributed by atoms with van der Waals surface area (Å²) in [4.78, 5) is 11.5. The van der Waals surface area contributed by atoms with Crippen molar-refractivity contribution in [1.82, 2.24) is 0 Å². The maximum absolute atomic E-state index is 11.5. The van der Waals surface area contributed by atoms with Crippen molar-refractivity contribution in [1.29, 1.82) is 0 Å². The highest BCUT2D eigenvalue weighted by Gasteiger charge is 2.52. The average molecular weight is 419 g/mol. The molecule has 0 aromatic carbocycles. The minimum Gasteiger partial charge on any atom is -0.393 e. The molecule has 4 nitrogen and oxygen atoms in total. The number of allylic oxidation sites excluding steroid dienone is 2. The van der Waals surface area contributed by atoms with Gasteiger partial charge in [0.15, 0.2) is 11.6 Å². The van der Waals surface area contributed by atoms with Gasteiger partial charge in [-0.2, -0.15) is 0 Å². The second-order valence-corrected chi connectivity index (χ2v) is 9.69. The van der Waals surface area contributed by atoms with Crippen molar-refractivity contribution in [2.24, 2.45) is 0 Å². The number of unbranched alkanes of at least 4 members (excludes halogenated alkanes) is 10. The van der Waals surface area contributed by atoms with Crippen LogP contribution in [0.1, 0.15) is 110 Å². The molecule has 2 saturated heterocycles. The average Bonchev–Trinajstić information content (AvgIpc) is 3.05. The van der Waals surface area contributed by atoms with Gasteiger partial charge in [-0.25, -0.2) is 0 Å². The Morgan fingerprint density at radius 3 is 2.17 bits per heavy atom. The molecule has 4 heteroatoms. The van der Waals surface area contributed by atoms with Gasteiger partial charge in [-0.05, 0) is 43.6 Å². The molecule has 30 heavy (non-hydrogen) atoms. The molecular formula is C26H42O4. The van der Waals surface area contributed by atoms with Gasteiger partial charge >= 0.3 is 0 Å². The molecule has 0 unspecified atom stereocenters. The summed E-state index contributed by atoms with van der Waals surface area (Å²) in [5, 5.41) is 10.5. The minimum absolute atomic E-state index is 0.00384. The van der Waals surface area contributed by atoms with Crippen LogP contribution in [0.5, 0.6) is 0 Å². The Labute approximate surface area is 183 Å². The summed E-state index contributed by atoms with van der Waals surface area (Å²) in [6.45, 7) is 2.27. The Balaban J connectivity index is 1.31. The van der Waals surface area contributed by atoms with Gasteiger partial charge in [-0.15, -0.1) is 0 Å². The van der Waals surface area contributed by atoms with Crippen molar-refractivity contribution in [2.45, 2.75) is 133 Å². The van der Waals surface area contributed by atoms with Crippen molar-refractivity contribution in [3.63, 3.8) is 0 Å². The van der Waals surface area contributed by atoms with Crippen molar-refractivity contribution in [3.05, 3.63) is 24.3 Å². The van der Waals surface area contributed by atoms with E-state index in [0.29, 0.717) is 12.8 Å². The molecule has 2 spiro atoms. The van der Waals surface area contributed by atoms with Gasteiger partial charge in [0.1, 0.15) is 5.60 Å². The zero-order chi connectivity index (χ0) is 21.3. The number of aliphatic hydroxyl groups excluding tert-OH is 1. The lowest BCUT2D eigenvalue weighted by Gasteiger charge is -2.42. The van der Waals surface area contributed by atoms with Gasteiger partial charge in [-0.1, -0.05) is 77.6 Å². The Hall–Kier alpha value is -0.970. The van der Waals surface area contributed by atoms with E-state index >= 15 is 0 Å². The molecule has 0 saturated carbocycles. The lowest BCUT2D eigenvalue weighted by atomic mass is 9.91. The van der Waals surface area contributed by atoms with E-state index in [1.54, 1.807) is 12.2 Å². The first kappa shape index (κ1) is 23.7. The summed E-state index contributed by atoms with van der Waals surface area (Å²) < 4.78 is 12.8. The fraction of sp³-hybridized carbons (Fsp3) is 0.808. The maximum Gasteiger partial charge on any atom is 0.178 e. The third-order valence-electron chi connectivity index (χ3n) is 6.92. The van der Waals surface area contributed by atoms with Crippen molar-refractivity contribution < 1.29 is 19.4 Å². The van der Waals surface area contributed by atoms with Crippen molar-refractivity contribution in [2.75, 3.05) is 0 Å². The number of rotatable bonds is 12. The number of carbonyl (C=O) groups is 1. The highest BCUT2D eigenvalue weighted by Crippen LogP contribution is 2.47. The summed E-state index contributed by atoms with van der Waals surface area (Å²) in [5.41, 5.74) is -0.536. The molecule has 3 atom stereocenters. The highest BCUT2D eigenvalue weighted by atomic mass is 16.7. The Kier molecular flexibility index (Phi) is 9.15. The molecule has 0 amide bonds. The molecule has 2 aliphatic heterocycles. The zero-order valence-corrected chi connectivity index (χ0v) is 18.9.